The lowest BCUT2D eigenvalue weighted by Crippen LogP contribution is -2.18. The largest absolute Gasteiger partial charge is 0.439 e. The van der Waals surface area contributed by atoms with E-state index < -0.39 is 0 Å². The van der Waals surface area contributed by atoms with Gasteiger partial charge in [0.1, 0.15) is 5.75 Å². The highest BCUT2D eigenvalue weighted by Crippen LogP contribution is 2.25. The van der Waals surface area contributed by atoms with E-state index in [4.69, 9.17) is 9.47 Å². The molecule has 0 aliphatic carbocycles. The third kappa shape index (κ3) is 5.12. The van der Waals surface area contributed by atoms with Gasteiger partial charge in [0.05, 0.1) is 6.61 Å². The van der Waals surface area contributed by atoms with Crippen LogP contribution in [0.5, 0.6) is 11.6 Å². The molecule has 1 N–H and O–H groups in total. The molecule has 0 atom stereocenters. The number of methoxy groups -OCH3 is 1. The topological polar surface area (TPSA) is 43.4 Å². The quantitative estimate of drug-likeness (QED) is 0.773. The van der Waals surface area contributed by atoms with E-state index in [0.29, 0.717) is 12.5 Å². The van der Waals surface area contributed by atoms with Crippen molar-refractivity contribution in [3.63, 3.8) is 0 Å². The number of aryl methyl sites for hydroxylation is 1. The number of benzene rings is 1. The van der Waals surface area contributed by atoms with Crippen LogP contribution in [0.4, 0.5) is 0 Å². The Bertz CT molecular complexity index is 590. The molecule has 0 aliphatic heterocycles. The van der Waals surface area contributed by atoms with Crippen molar-refractivity contribution in [2.24, 2.45) is 0 Å². The molecule has 0 aliphatic rings. The van der Waals surface area contributed by atoms with Crippen LogP contribution in [0.15, 0.2) is 41.0 Å². The predicted octanol–water partition coefficient (Wildman–Crippen LogP) is 3.68. The number of nitrogens with one attached hydrogen (secondary N) is 1. The maximum absolute atomic E-state index is 5.81. The van der Waals surface area contributed by atoms with E-state index >= 15 is 0 Å². The number of aromatic nitrogens is 1. The van der Waals surface area contributed by atoms with Crippen molar-refractivity contribution in [2.45, 2.75) is 13.5 Å². The van der Waals surface area contributed by atoms with Crippen LogP contribution in [-0.2, 0) is 11.3 Å². The van der Waals surface area contributed by atoms with Gasteiger partial charge in [-0.25, -0.2) is 4.98 Å². The maximum atomic E-state index is 5.81. The molecule has 2 rings (SSSR count). The third-order valence-corrected chi connectivity index (χ3v) is 3.40. The fourth-order valence-corrected chi connectivity index (χ4v) is 2.25. The molecule has 0 saturated heterocycles. The second-order valence-electron chi connectivity index (χ2n) is 4.69. The Kier molecular flexibility index (Phi) is 6.17. The number of nitrogens with zero attached hydrogens (tertiary/aromatic N) is 1. The number of hydrogen-bond acceptors (Lipinski definition) is 4. The first-order chi connectivity index (χ1) is 10.2. The molecule has 1 aromatic heterocycles. The maximum Gasteiger partial charge on any atom is 0.222 e. The molecule has 112 valence electrons. The summed E-state index contributed by atoms with van der Waals surface area (Å²) in [5, 5.41) is 3.29. The minimum atomic E-state index is 0.633. The zero-order chi connectivity index (χ0) is 15.1. The van der Waals surface area contributed by atoms with E-state index in [1.54, 1.807) is 7.11 Å². The fourth-order valence-electron chi connectivity index (χ4n) is 1.87. The molecule has 2 aromatic rings. The lowest BCUT2D eigenvalue weighted by Gasteiger charge is -2.10. The Morgan fingerprint density at radius 1 is 1.29 bits per heavy atom. The summed E-state index contributed by atoms with van der Waals surface area (Å²) in [6.45, 7) is 4.30. The summed E-state index contributed by atoms with van der Waals surface area (Å²) >= 11 is 3.43. The molecule has 21 heavy (non-hydrogen) atoms. The second-order valence-corrected chi connectivity index (χ2v) is 5.61. The first-order valence-corrected chi connectivity index (χ1v) is 7.57. The summed E-state index contributed by atoms with van der Waals surface area (Å²) < 4.78 is 11.8. The van der Waals surface area contributed by atoms with E-state index in [2.05, 4.69) is 32.3 Å². The minimum Gasteiger partial charge on any atom is -0.439 e. The number of halogens is 1. The van der Waals surface area contributed by atoms with Gasteiger partial charge in [-0.2, -0.15) is 0 Å². The van der Waals surface area contributed by atoms with Crippen molar-refractivity contribution in [1.82, 2.24) is 10.3 Å². The van der Waals surface area contributed by atoms with Crippen LogP contribution < -0.4 is 10.1 Å². The molecule has 0 spiro atoms. The van der Waals surface area contributed by atoms with E-state index in [-0.39, 0.29) is 0 Å². The van der Waals surface area contributed by atoms with Crippen molar-refractivity contribution in [1.29, 1.82) is 0 Å². The summed E-state index contributed by atoms with van der Waals surface area (Å²) in [5.74, 6) is 1.40. The van der Waals surface area contributed by atoms with Crippen LogP contribution in [0.3, 0.4) is 0 Å². The highest BCUT2D eigenvalue weighted by Gasteiger charge is 2.05. The average molecular weight is 351 g/mol. The van der Waals surface area contributed by atoms with Gasteiger partial charge in [-0.15, -0.1) is 0 Å². The molecular weight excluding hydrogens is 332 g/mol. The van der Waals surface area contributed by atoms with E-state index in [9.17, 15) is 0 Å². The number of hydrogen-bond donors (Lipinski definition) is 1. The first-order valence-electron chi connectivity index (χ1n) is 6.77. The van der Waals surface area contributed by atoms with Gasteiger partial charge in [0.15, 0.2) is 0 Å². The molecule has 0 saturated carbocycles. The summed E-state index contributed by atoms with van der Waals surface area (Å²) in [7, 11) is 1.70. The second kappa shape index (κ2) is 8.12. The Morgan fingerprint density at radius 2 is 2.14 bits per heavy atom. The summed E-state index contributed by atoms with van der Waals surface area (Å²) in [6.07, 6.45) is 1.83. The van der Waals surface area contributed by atoms with Gasteiger partial charge in [-0.05, 0) is 36.8 Å². The van der Waals surface area contributed by atoms with Crippen LogP contribution in [0, 0.1) is 6.92 Å². The number of pyridine rings is 1. The van der Waals surface area contributed by atoms with Crippen LogP contribution in [-0.4, -0.2) is 25.2 Å². The van der Waals surface area contributed by atoms with E-state index in [0.717, 1.165) is 34.4 Å². The van der Waals surface area contributed by atoms with Gasteiger partial charge in [0.25, 0.3) is 0 Å². The smallest absolute Gasteiger partial charge is 0.222 e. The molecule has 1 aromatic carbocycles. The molecule has 0 fully saturated rings. The summed E-state index contributed by atoms with van der Waals surface area (Å²) in [5.41, 5.74) is 2.14. The van der Waals surface area contributed by atoms with Crippen molar-refractivity contribution >= 4 is 15.9 Å². The number of rotatable bonds is 7. The molecule has 0 amide bonds. The monoisotopic (exact) mass is 350 g/mol. The highest BCUT2D eigenvalue weighted by molar-refractivity contribution is 9.10. The van der Waals surface area contributed by atoms with Crippen molar-refractivity contribution in [3.05, 3.63) is 52.1 Å². The Morgan fingerprint density at radius 3 is 2.86 bits per heavy atom. The van der Waals surface area contributed by atoms with Crippen LogP contribution in [0.1, 0.15) is 11.1 Å². The minimum absolute atomic E-state index is 0.633. The fraction of sp³-hybridized carbons (Fsp3) is 0.312. The molecule has 0 radical (unpaired) electrons. The first kappa shape index (κ1) is 15.9. The summed E-state index contributed by atoms with van der Waals surface area (Å²) in [6, 6.07) is 9.80. The van der Waals surface area contributed by atoms with Crippen molar-refractivity contribution in [2.75, 3.05) is 20.3 Å². The van der Waals surface area contributed by atoms with Crippen molar-refractivity contribution < 1.29 is 9.47 Å². The van der Waals surface area contributed by atoms with Crippen LogP contribution in [0.2, 0.25) is 0 Å². The van der Waals surface area contributed by atoms with Crippen molar-refractivity contribution in [3.8, 4) is 11.6 Å². The SMILES string of the molecule is COCCNCc1cnc(Oc2cccc(Br)c2)c(C)c1. The van der Waals surface area contributed by atoms with Gasteiger partial charge in [-0.1, -0.05) is 22.0 Å². The van der Waals surface area contributed by atoms with Gasteiger partial charge in [-0.3, -0.25) is 0 Å². The Balaban J connectivity index is 1.98. The van der Waals surface area contributed by atoms with E-state index in [1.807, 2.05) is 37.4 Å². The number of ether oxygens (including phenoxy) is 2. The van der Waals surface area contributed by atoms with Gasteiger partial charge < -0.3 is 14.8 Å². The molecule has 0 bridgehead atoms. The van der Waals surface area contributed by atoms with Crippen LogP contribution in [0.25, 0.3) is 0 Å². The predicted molar refractivity (Wildman–Crippen MR) is 86.8 cm³/mol. The summed E-state index contributed by atoms with van der Waals surface area (Å²) in [4.78, 5) is 4.39. The Labute approximate surface area is 133 Å². The lowest BCUT2D eigenvalue weighted by molar-refractivity contribution is 0.199. The molecule has 4 nitrogen and oxygen atoms in total. The zero-order valence-corrected chi connectivity index (χ0v) is 13.8. The molecule has 5 heteroatoms. The van der Waals surface area contributed by atoms with Gasteiger partial charge >= 0.3 is 0 Å². The molecule has 0 unspecified atom stereocenters. The third-order valence-electron chi connectivity index (χ3n) is 2.91. The van der Waals surface area contributed by atoms with Crippen LogP contribution >= 0.6 is 15.9 Å². The zero-order valence-electron chi connectivity index (χ0n) is 12.2. The van der Waals surface area contributed by atoms with Gasteiger partial charge in [0.2, 0.25) is 5.88 Å². The molecule has 1 heterocycles. The Hall–Kier alpha value is -1.43. The van der Waals surface area contributed by atoms with Gasteiger partial charge in [0, 0.05) is 36.4 Å². The average Bonchev–Trinajstić information content (AvgIpc) is 2.46. The standard InChI is InChI=1S/C16H19BrN2O2/c1-12-8-13(10-18-6-7-20-2)11-19-16(12)21-15-5-3-4-14(17)9-15/h3-5,8-9,11,18H,6-7,10H2,1-2H3. The van der Waals surface area contributed by atoms with E-state index in [1.165, 1.54) is 0 Å². The normalized spacial score (nSPS) is 10.6. The highest BCUT2D eigenvalue weighted by atomic mass is 79.9. The lowest BCUT2D eigenvalue weighted by atomic mass is 10.2. The molecular formula is C16H19BrN2O2.